The molecule has 2 atom stereocenters. The lowest BCUT2D eigenvalue weighted by molar-refractivity contribution is 0.589. The Labute approximate surface area is 78.1 Å². The third-order valence-corrected chi connectivity index (χ3v) is 2.82. The van der Waals surface area contributed by atoms with E-state index in [0.717, 1.165) is 25.2 Å². The maximum atomic E-state index is 5.87. The summed E-state index contributed by atoms with van der Waals surface area (Å²) in [5.74, 6) is 1.66. The first-order chi connectivity index (χ1) is 6.31. The van der Waals surface area contributed by atoms with E-state index < -0.39 is 0 Å². The third-order valence-electron chi connectivity index (χ3n) is 2.82. The minimum Gasteiger partial charge on any atom is -0.328 e. The lowest BCUT2D eigenvalue weighted by Crippen LogP contribution is -2.15. The van der Waals surface area contributed by atoms with E-state index in [4.69, 9.17) is 5.73 Å². The van der Waals surface area contributed by atoms with Crippen LogP contribution in [0.4, 0.5) is 0 Å². The van der Waals surface area contributed by atoms with Gasteiger partial charge >= 0.3 is 0 Å². The summed E-state index contributed by atoms with van der Waals surface area (Å²) in [5.41, 5.74) is 5.87. The van der Waals surface area contributed by atoms with Gasteiger partial charge in [0.1, 0.15) is 12.2 Å². The molecule has 0 bridgehead atoms. The molecular weight excluding hydrogens is 164 g/mol. The van der Waals surface area contributed by atoms with Crippen LogP contribution in [-0.2, 0) is 6.54 Å². The van der Waals surface area contributed by atoms with Gasteiger partial charge in [-0.05, 0) is 26.2 Å². The highest BCUT2D eigenvalue weighted by atomic mass is 15.3. The van der Waals surface area contributed by atoms with Crippen LogP contribution in [0.2, 0.25) is 0 Å². The van der Waals surface area contributed by atoms with Crippen LogP contribution in [-0.4, -0.2) is 20.8 Å². The minimum atomic E-state index is 0.368. The standard InChI is InChI=1S/C9H16N4/c1-2-13-6-11-12-9(13)7-3-4-8(10)5-7/h6-8H,2-5,10H2,1H3/t7-,8+/m1/s1. The van der Waals surface area contributed by atoms with Crippen LogP contribution in [0.25, 0.3) is 0 Å². The number of hydrogen-bond acceptors (Lipinski definition) is 3. The summed E-state index contributed by atoms with van der Waals surface area (Å²) < 4.78 is 2.11. The number of nitrogens with two attached hydrogens (primary N) is 1. The largest absolute Gasteiger partial charge is 0.328 e. The molecule has 2 rings (SSSR count). The fraction of sp³-hybridized carbons (Fsp3) is 0.778. The highest BCUT2D eigenvalue weighted by Crippen LogP contribution is 2.31. The monoisotopic (exact) mass is 180 g/mol. The van der Waals surface area contributed by atoms with Crippen molar-refractivity contribution in [3.8, 4) is 0 Å². The Hall–Kier alpha value is -0.900. The first-order valence-electron chi connectivity index (χ1n) is 4.94. The van der Waals surface area contributed by atoms with Gasteiger partial charge in [-0.15, -0.1) is 10.2 Å². The number of hydrogen-bond donors (Lipinski definition) is 1. The Morgan fingerprint density at radius 3 is 3.08 bits per heavy atom. The molecular formula is C9H16N4. The molecule has 0 radical (unpaired) electrons. The van der Waals surface area contributed by atoms with Crippen molar-refractivity contribution in [3.05, 3.63) is 12.2 Å². The molecule has 0 spiro atoms. The van der Waals surface area contributed by atoms with Crippen molar-refractivity contribution in [3.63, 3.8) is 0 Å². The summed E-state index contributed by atoms with van der Waals surface area (Å²) in [5, 5.41) is 8.10. The quantitative estimate of drug-likeness (QED) is 0.735. The maximum absolute atomic E-state index is 5.87. The first kappa shape index (κ1) is 8.69. The highest BCUT2D eigenvalue weighted by molar-refractivity contribution is 5.01. The molecule has 0 amide bonds. The number of nitrogens with zero attached hydrogens (tertiary/aromatic N) is 3. The predicted octanol–water partition coefficient (Wildman–Crippen LogP) is 0.893. The zero-order valence-electron chi connectivity index (χ0n) is 7.98. The van der Waals surface area contributed by atoms with E-state index in [1.807, 2.05) is 0 Å². The Kier molecular flexibility index (Phi) is 2.31. The fourth-order valence-electron chi connectivity index (χ4n) is 2.07. The molecule has 1 aliphatic rings. The van der Waals surface area contributed by atoms with Crippen LogP contribution in [0.5, 0.6) is 0 Å². The molecule has 1 heterocycles. The van der Waals surface area contributed by atoms with E-state index in [1.54, 1.807) is 6.33 Å². The van der Waals surface area contributed by atoms with Crippen molar-refractivity contribution < 1.29 is 0 Å². The van der Waals surface area contributed by atoms with Gasteiger partial charge in [0.05, 0.1) is 0 Å². The lowest BCUT2D eigenvalue weighted by atomic mass is 10.1. The van der Waals surface area contributed by atoms with Gasteiger partial charge < -0.3 is 10.3 Å². The summed E-state index contributed by atoms with van der Waals surface area (Å²) in [6, 6.07) is 0.368. The van der Waals surface area contributed by atoms with E-state index >= 15 is 0 Å². The number of rotatable bonds is 2. The number of aryl methyl sites for hydroxylation is 1. The number of aromatic nitrogens is 3. The minimum absolute atomic E-state index is 0.368. The van der Waals surface area contributed by atoms with Crippen LogP contribution in [0.1, 0.15) is 37.9 Å². The van der Waals surface area contributed by atoms with Crippen molar-refractivity contribution in [1.82, 2.24) is 14.8 Å². The van der Waals surface area contributed by atoms with Gasteiger partial charge in [0.15, 0.2) is 0 Å². The average Bonchev–Trinajstić information content (AvgIpc) is 2.71. The molecule has 2 N–H and O–H groups in total. The molecule has 13 heavy (non-hydrogen) atoms. The summed E-state index contributed by atoms with van der Waals surface area (Å²) in [7, 11) is 0. The normalized spacial score (nSPS) is 28.2. The lowest BCUT2D eigenvalue weighted by Gasteiger charge is -2.09. The summed E-state index contributed by atoms with van der Waals surface area (Å²) in [4.78, 5) is 0. The fourth-order valence-corrected chi connectivity index (χ4v) is 2.07. The summed E-state index contributed by atoms with van der Waals surface area (Å²) in [6.07, 6.45) is 5.17. The Morgan fingerprint density at radius 2 is 2.46 bits per heavy atom. The van der Waals surface area contributed by atoms with Crippen LogP contribution in [0.3, 0.4) is 0 Å². The Morgan fingerprint density at radius 1 is 1.62 bits per heavy atom. The molecule has 0 unspecified atom stereocenters. The second kappa shape index (κ2) is 3.46. The van der Waals surface area contributed by atoms with E-state index in [9.17, 15) is 0 Å². The molecule has 72 valence electrons. The average molecular weight is 180 g/mol. The highest BCUT2D eigenvalue weighted by Gasteiger charge is 2.26. The molecule has 1 saturated carbocycles. The van der Waals surface area contributed by atoms with Gasteiger partial charge in [0.25, 0.3) is 0 Å². The van der Waals surface area contributed by atoms with E-state index in [1.165, 1.54) is 6.42 Å². The third kappa shape index (κ3) is 1.58. The van der Waals surface area contributed by atoms with Crippen LogP contribution >= 0.6 is 0 Å². The first-order valence-corrected chi connectivity index (χ1v) is 4.94. The van der Waals surface area contributed by atoms with Crippen molar-refractivity contribution in [2.24, 2.45) is 5.73 Å². The summed E-state index contributed by atoms with van der Waals surface area (Å²) >= 11 is 0. The molecule has 1 fully saturated rings. The van der Waals surface area contributed by atoms with Gasteiger partial charge in [0, 0.05) is 18.5 Å². The van der Waals surface area contributed by atoms with Crippen molar-refractivity contribution in [2.75, 3.05) is 0 Å². The zero-order valence-corrected chi connectivity index (χ0v) is 7.98. The van der Waals surface area contributed by atoms with E-state index in [0.29, 0.717) is 12.0 Å². The van der Waals surface area contributed by atoms with Gasteiger partial charge in [-0.25, -0.2) is 0 Å². The molecule has 4 nitrogen and oxygen atoms in total. The van der Waals surface area contributed by atoms with Gasteiger partial charge in [-0.2, -0.15) is 0 Å². The Bertz CT molecular complexity index is 281. The second-order valence-electron chi connectivity index (χ2n) is 3.75. The zero-order chi connectivity index (χ0) is 9.26. The van der Waals surface area contributed by atoms with Gasteiger partial charge in [0.2, 0.25) is 0 Å². The second-order valence-corrected chi connectivity index (χ2v) is 3.75. The van der Waals surface area contributed by atoms with Crippen LogP contribution in [0, 0.1) is 0 Å². The molecule has 0 aliphatic heterocycles. The smallest absolute Gasteiger partial charge is 0.135 e. The van der Waals surface area contributed by atoms with Crippen molar-refractivity contribution in [2.45, 2.75) is 44.7 Å². The van der Waals surface area contributed by atoms with Crippen molar-refractivity contribution in [1.29, 1.82) is 0 Å². The van der Waals surface area contributed by atoms with Crippen LogP contribution < -0.4 is 5.73 Å². The molecule has 1 aromatic rings. The molecule has 1 aliphatic carbocycles. The van der Waals surface area contributed by atoms with Gasteiger partial charge in [-0.1, -0.05) is 0 Å². The molecule has 1 aromatic heterocycles. The van der Waals surface area contributed by atoms with E-state index in [2.05, 4.69) is 21.7 Å². The van der Waals surface area contributed by atoms with Crippen LogP contribution in [0.15, 0.2) is 6.33 Å². The Balaban J connectivity index is 2.16. The van der Waals surface area contributed by atoms with E-state index in [-0.39, 0.29) is 0 Å². The summed E-state index contributed by atoms with van der Waals surface area (Å²) in [6.45, 7) is 3.07. The molecule has 0 aromatic carbocycles. The molecule has 4 heteroatoms. The van der Waals surface area contributed by atoms with Gasteiger partial charge in [-0.3, -0.25) is 0 Å². The molecule has 0 saturated heterocycles. The topological polar surface area (TPSA) is 56.7 Å². The van der Waals surface area contributed by atoms with Crippen molar-refractivity contribution >= 4 is 0 Å². The maximum Gasteiger partial charge on any atom is 0.135 e. The SMILES string of the molecule is CCn1cnnc1[C@@H]1CC[C@H](N)C1. The predicted molar refractivity (Wildman–Crippen MR) is 50.3 cm³/mol.